The van der Waals surface area contributed by atoms with Gasteiger partial charge in [0.2, 0.25) is 21.7 Å². The van der Waals surface area contributed by atoms with Crippen LogP contribution < -0.4 is 0 Å². The first-order chi connectivity index (χ1) is 12.9. The van der Waals surface area contributed by atoms with Gasteiger partial charge in [-0.3, -0.25) is 4.98 Å². The fourth-order valence-corrected chi connectivity index (χ4v) is 5.11. The number of pyridine rings is 1. The molecular weight excluding hydrogens is 411 g/mol. The van der Waals surface area contributed by atoms with E-state index < -0.39 is 10.0 Å². The van der Waals surface area contributed by atoms with Crippen molar-refractivity contribution in [3.8, 4) is 11.4 Å². The molecule has 3 heterocycles. The van der Waals surface area contributed by atoms with Crippen molar-refractivity contribution in [1.82, 2.24) is 19.4 Å². The van der Waals surface area contributed by atoms with Crippen LogP contribution in [-0.4, -0.2) is 40.9 Å². The average molecular weight is 425 g/mol. The van der Waals surface area contributed by atoms with E-state index in [1.54, 1.807) is 31.5 Å². The average Bonchev–Trinajstić information content (AvgIpc) is 3.07. The van der Waals surface area contributed by atoms with Gasteiger partial charge in [0.05, 0.1) is 10.9 Å². The van der Waals surface area contributed by atoms with Gasteiger partial charge in [-0.1, -0.05) is 28.4 Å². The maximum absolute atomic E-state index is 12.8. The van der Waals surface area contributed by atoms with Crippen molar-refractivity contribution in [3.63, 3.8) is 0 Å². The first-order valence-electron chi connectivity index (χ1n) is 8.06. The molecular formula is C17H14Cl2N4O3S. The van der Waals surface area contributed by atoms with Crippen molar-refractivity contribution >= 4 is 33.2 Å². The van der Waals surface area contributed by atoms with E-state index in [0.717, 1.165) is 5.56 Å². The molecule has 140 valence electrons. The van der Waals surface area contributed by atoms with Gasteiger partial charge < -0.3 is 4.52 Å². The molecule has 0 spiro atoms. The van der Waals surface area contributed by atoms with Crippen molar-refractivity contribution in [2.24, 2.45) is 0 Å². The zero-order valence-corrected chi connectivity index (χ0v) is 16.5. The third-order valence-corrected chi connectivity index (χ3v) is 7.11. The highest BCUT2D eigenvalue weighted by atomic mass is 35.5. The van der Waals surface area contributed by atoms with Crippen LogP contribution in [0, 0.1) is 6.92 Å². The summed E-state index contributed by atoms with van der Waals surface area (Å²) < 4.78 is 32.3. The molecule has 1 fully saturated rings. The summed E-state index contributed by atoms with van der Waals surface area (Å²) in [4.78, 5) is 8.36. The summed E-state index contributed by atoms with van der Waals surface area (Å²) in [5, 5.41) is 4.48. The van der Waals surface area contributed by atoms with Crippen molar-refractivity contribution in [3.05, 3.63) is 58.2 Å². The van der Waals surface area contributed by atoms with E-state index in [2.05, 4.69) is 15.1 Å². The fraction of sp³-hybridized carbons (Fsp3) is 0.235. The van der Waals surface area contributed by atoms with Crippen molar-refractivity contribution in [1.29, 1.82) is 0 Å². The van der Waals surface area contributed by atoms with Crippen molar-refractivity contribution in [2.45, 2.75) is 17.7 Å². The Kier molecular flexibility index (Phi) is 4.67. The molecule has 1 aromatic carbocycles. The van der Waals surface area contributed by atoms with E-state index in [1.165, 1.54) is 16.4 Å². The summed E-state index contributed by atoms with van der Waals surface area (Å²) in [6.45, 7) is 2.23. The number of aromatic nitrogens is 3. The first kappa shape index (κ1) is 18.4. The Hall–Kier alpha value is -2.00. The minimum absolute atomic E-state index is 0.0486. The molecule has 3 aromatic rings. The molecule has 2 aromatic heterocycles. The van der Waals surface area contributed by atoms with Crippen molar-refractivity contribution in [2.75, 3.05) is 13.1 Å². The number of rotatable bonds is 4. The molecule has 0 atom stereocenters. The highest BCUT2D eigenvalue weighted by Crippen LogP contribution is 2.36. The Morgan fingerprint density at radius 1 is 1.15 bits per heavy atom. The number of hydrogen-bond donors (Lipinski definition) is 0. The molecule has 1 aliphatic heterocycles. The summed E-state index contributed by atoms with van der Waals surface area (Å²) in [5.74, 6) is 0.701. The molecule has 0 N–H and O–H groups in total. The minimum atomic E-state index is -3.71. The lowest BCUT2D eigenvalue weighted by atomic mass is 10.0. The molecule has 1 saturated heterocycles. The van der Waals surface area contributed by atoms with Crippen LogP contribution in [0.1, 0.15) is 17.4 Å². The highest BCUT2D eigenvalue weighted by Gasteiger charge is 2.41. The third-order valence-electron chi connectivity index (χ3n) is 4.41. The van der Waals surface area contributed by atoms with Gasteiger partial charge in [-0.25, -0.2) is 8.42 Å². The predicted molar refractivity (Wildman–Crippen MR) is 100 cm³/mol. The normalized spacial score (nSPS) is 15.7. The quantitative estimate of drug-likeness (QED) is 0.636. The second-order valence-corrected chi connectivity index (χ2v) is 8.96. The summed E-state index contributed by atoms with van der Waals surface area (Å²) in [6.07, 6.45) is 3.28. The van der Waals surface area contributed by atoms with Gasteiger partial charge in [0.1, 0.15) is 4.90 Å². The molecule has 10 heteroatoms. The van der Waals surface area contributed by atoms with Gasteiger partial charge in [0.25, 0.3) is 0 Å². The van der Waals surface area contributed by atoms with Crippen molar-refractivity contribution < 1.29 is 12.9 Å². The summed E-state index contributed by atoms with van der Waals surface area (Å²) in [6, 6.07) is 6.48. The van der Waals surface area contributed by atoms with Crippen LogP contribution in [0.4, 0.5) is 0 Å². The van der Waals surface area contributed by atoms with Gasteiger partial charge in [-0.15, -0.1) is 0 Å². The van der Waals surface area contributed by atoms with Gasteiger partial charge in [-0.05, 0) is 36.8 Å². The zero-order chi connectivity index (χ0) is 19.2. The summed E-state index contributed by atoms with van der Waals surface area (Å²) in [7, 11) is -3.71. The monoisotopic (exact) mass is 424 g/mol. The maximum atomic E-state index is 12.8. The molecule has 0 bridgehead atoms. The molecule has 0 radical (unpaired) electrons. The SMILES string of the molecule is Cc1cc(S(=O)(=O)N2CC(c3nc(-c4ccncc4)no3)C2)c(Cl)cc1Cl. The van der Waals surface area contributed by atoms with E-state index >= 15 is 0 Å². The van der Waals surface area contributed by atoms with Gasteiger partial charge in [-0.2, -0.15) is 9.29 Å². The molecule has 27 heavy (non-hydrogen) atoms. The van der Waals surface area contributed by atoms with Crippen LogP contribution in [0.25, 0.3) is 11.4 Å². The first-order valence-corrected chi connectivity index (χ1v) is 10.3. The Balaban J connectivity index is 1.51. The van der Waals surface area contributed by atoms with E-state index in [0.29, 0.717) is 22.3 Å². The summed E-state index contributed by atoms with van der Waals surface area (Å²) >= 11 is 12.1. The van der Waals surface area contributed by atoms with E-state index in [-0.39, 0.29) is 28.9 Å². The van der Waals surface area contributed by atoms with Gasteiger partial charge in [0, 0.05) is 36.1 Å². The molecule has 1 aliphatic rings. The number of aryl methyl sites for hydroxylation is 1. The lowest BCUT2D eigenvalue weighted by molar-refractivity contribution is 0.217. The smallest absolute Gasteiger partial charge is 0.244 e. The zero-order valence-electron chi connectivity index (χ0n) is 14.1. The Morgan fingerprint density at radius 3 is 2.56 bits per heavy atom. The Morgan fingerprint density at radius 2 is 1.85 bits per heavy atom. The number of hydrogen-bond acceptors (Lipinski definition) is 6. The third kappa shape index (κ3) is 3.34. The van der Waals surface area contributed by atoms with E-state index in [9.17, 15) is 8.42 Å². The lowest BCUT2D eigenvalue weighted by Gasteiger charge is -2.36. The Bertz CT molecular complexity index is 1100. The number of sulfonamides is 1. The maximum Gasteiger partial charge on any atom is 0.244 e. The molecule has 0 amide bonds. The van der Waals surface area contributed by atoms with E-state index in [4.69, 9.17) is 27.7 Å². The molecule has 0 aliphatic carbocycles. The largest absolute Gasteiger partial charge is 0.339 e. The minimum Gasteiger partial charge on any atom is -0.339 e. The number of benzene rings is 1. The topological polar surface area (TPSA) is 89.2 Å². The second-order valence-electron chi connectivity index (χ2n) is 6.24. The van der Waals surface area contributed by atoms with Crippen LogP contribution in [0.2, 0.25) is 10.0 Å². The summed E-state index contributed by atoms with van der Waals surface area (Å²) in [5.41, 5.74) is 1.43. The van der Waals surface area contributed by atoms with Gasteiger partial charge >= 0.3 is 0 Å². The number of nitrogens with zero attached hydrogens (tertiary/aromatic N) is 4. The van der Waals surface area contributed by atoms with Crippen LogP contribution in [-0.2, 0) is 10.0 Å². The predicted octanol–water partition coefficient (Wildman–Crippen LogP) is 3.53. The standard InChI is InChI=1S/C17H14Cl2N4O3S/c1-10-6-15(14(19)7-13(10)18)27(24,25)23-8-12(9-23)17-21-16(22-26-17)11-2-4-20-5-3-11/h2-7,12H,8-9H2,1H3. The molecule has 7 nitrogen and oxygen atoms in total. The Labute approximate surface area is 166 Å². The molecule has 4 rings (SSSR count). The highest BCUT2D eigenvalue weighted by molar-refractivity contribution is 7.89. The molecule has 0 unspecified atom stereocenters. The molecule has 0 saturated carbocycles. The van der Waals surface area contributed by atoms with Crippen LogP contribution in [0.15, 0.2) is 46.1 Å². The van der Waals surface area contributed by atoms with E-state index in [1.807, 2.05) is 0 Å². The van der Waals surface area contributed by atoms with Crippen LogP contribution >= 0.6 is 23.2 Å². The van der Waals surface area contributed by atoms with Gasteiger partial charge in [0.15, 0.2) is 0 Å². The van der Waals surface area contributed by atoms with Crippen LogP contribution in [0.3, 0.4) is 0 Å². The van der Waals surface area contributed by atoms with Crippen LogP contribution in [0.5, 0.6) is 0 Å². The second kappa shape index (κ2) is 6.87. The lowest BCUT2D eigenvalue weighted by Crippen LogP contribution is -2.48. The fourth-order valence-electron chi connectivity index (χ4n) is 2.78. The number of halogens is 2.